The van der Waals surface area contributed by atoms with E-state index in [4.69, 9.17) is 5.26 Å². The van der Waals surface area contributed by atoms with Crippen LogP contribution >= 0.6 is 0 Å². The van der Waals surface area contributed by atoms with Crippen molar-refractivity contribution >= 4 is 5.69 Å². The Labute approximate surface area is 103 Å². The lowest BCUT2D eigenvalue weighted by Gasteiger charge is -2.07. The van der Waals surface area contributed by atoms with Crippen LogP contribution in [0.1, 0.15) is 11.1 Å². The van der Waals surface area contributed by atoms with Gasteiger partial charge in [-0.25, -0.2) is 8.78 Å². The van der Waals surface area contributed by atoms with Crippen LogP contribution in [0.2, 0.25) is 0 Å². The normalized spacial score (nSPS) is 9.83. The van der Waals surface area contributed by atoms with Gasteiger partial charge in [-0.2, -0.15) is 5.26 Å². The standard InChI is InChI=1S/C14H10F2N2/c15-12-3-1-10(2-4-12)9-18-14-6-11(8-17)5-13(16)7-14/h1-7,18H,9H2. The van der Waals surface area contributed by atoms with Crippen LogP contribution in [-0.4, -0.2) is 0 Å². The second-order valence-electron chi connectivity index (χ2n) is 3.82. The third-order valence-electron chi connectivity index (χ3n) is 2.44. The molecule has 1 N–H and O–H groups in total. The molecule has 0 bridgehead atoms. The summed E-state index contributed by atoms with van der Waals surface area (Å²) in [6.07, 6.45) is 0. The fraction of sp³-hybridized carbons (Fsp3) is 0.0714. The Morgan fingerprint density at radius 1 is 1.00 bits per heavy atom. The molecule has 0 fully saturated rings. The third kappa shape index (κ3) is 3.05. The van der Waals surface area contributed by atoms with E-state index >= 15 is 0 Å². The van der Waals surface area contributed by atoms with E-state index < -0.39 is 5.82 Å². The first-order chi connectivity index (χ1) is 8.67. The minimum absolute atomic E-state index is 0.261. The van der Waals surface area contributed by atoms with E-state index in [1.54, 1.807) is 18.2 Å². The molecule has 2 rings (SSSR count). The molecule has 0 aliphatic rings. The zero-order valence-electron chi connectivity index (χ0n) is 9.45. The second kappa shape index (κ2) is 5.28. The summed E-state index contributed by atoms with van der Waals surface area (Å²) in [6.45, 7) is 0.439. The first-order valence-electron chi connectivity index (χ1n) is 5.36. The monoisotopic (exact) mass is 244 g/mol. The van der Waals surface area contributed by atoms with Gasteiger partial charge >= 0.3 is 0 Å². The van der Waals surface area contributed by atoms with Crippen LogP contribution in [0.4, 0.5) is 14.5 Å². The number of halogens is 2. The number of nitrogens with one attached hydrogen (secondary N) is 1. The third-order valence-corrected chi connectivity index (χ3v) is 2.44. The Morgan fingerprint density at radius 2 is 1.72 bits per heavy atom. The molecule has 0 spiro atoms. The molecule has 0 saturated heterocycles. The summed E-state index contributed by atoms with van der Waals surface area (Å²) < 4.78 is 25.8. The van der Waals surface area contributed by atoms with Crippen molar-refractivity contribution in [2.75, 3.05) is 5.32 Å². The predicted octanol–water partition coefficient (Wildman–Crippen LogP) is 3.45. The van der Waals surface area contributed by atoms with E-state index in [0.717, 1.165) is 5.56 Å². The maximum atomic E-state index is 13.2. The van der Waals surface area contributed by atoms with Gasteiger partial charge in [0.05, 0.1) is 11.6 Å². The zero-order chi connectivity index (χ0) is 13.0. The van der Waals surface area contributed by atoms with Crippen molar-refractivity contribution in [2.45, 2.75) is 6.54 Å². The lowest BCUT2D eigenvalue weighted by Crippen LogP contribution is -2.00. The second-order valence-corrected chi connectivity index (χ2v) is 3.82. The Bertz CT molecular complexity index is 586. The Kier molecular flexibility index (Phi) is 3.54. The summed E-state index contributed by atoms with van der Waals surface area (Å²) in [4.78, 5) is 0. The highest BCUT2D eigenvalue weighted by atomic mass is 19.1. The summed E-state index contributed by atoms with van der Waals surface area (Å²) in [5.41, 5.74) is 1.66. The highest BCUT2D eigenvalue weighted by Gasteiger charge is 2.00. The highest BCUT2D eigenvalue weighted by Crippen LogP contribution is 2.14. The van der Waals surface area contributed by atoms with Crippen molar-refractivity contribution in [1.82, 2.24) is 0 Å². The van der Waals surface area contributed by atoms with Gasteiger partial charge in [0, 0.05) is 12.2 Å². The van der Waals surface area contributed by atoms with E-state index in [-0.39, 0.29) is 11.4 Å². The number of hydrogen-bond donors (Lipinski definition) is 1. The molecule has 0 heterocycles. The molecule has 2 aromatic carbocycles. The van der Waals surface area contributed by atoms with Crippen LogP contribution in [-0.2, 0) is 6.54 Å². The molecule has 0 aromatic heterocycles. The molecular weight excluding hydrogens is 234 g/mol. The van der Waals surface area contributed by atoms with Gasteiger partial charge in [0.15, 0.2) is 0 Å². The molecule has 0 atom stereocenters. The van der Waals surface area contributed by atoms with Gasteiger partial charge in [-0.05, 0) is 35.9 Å². The summed E-state index contributed by atoms with van der Waals surface area (Å²) >= 11 is 0. The summed E-state index contributed by atoms with van der Waals surface area (Å²) in [6, 6.07) is 11.9. The van der Waals surface area contributed by atoms with Crippen molar-refractivity contribution in [1.29, 1.82) is 5.26 Å². The molecule has 18 heavy (non-hydrogen) atoms. The van der Waals surface area contributed by atoms with Crippen LogP contribution in [0.5, 0.6) is 0 Å². The van der Waals surface area contributed by atoms with Gasteiger partial charge in [0.2, 0.25) is 0 Å². The molecule has 0 saturated carbocycles. The Morgan fingerprint density at radius 3 is 2.39 bits per heavy atom. The molecule has 90 valence electrons. The summed E-state index contributed by atoms with van der Waals surface area (Å²) in [5.74, 6) is -0.757. The molecule has 0 aliphatic heterocycles. The number of nitriles is 1. The van der Waals surface area contributed by atoms with Crippen molar-refractivity contribution in [2.24, 2.45) is 0 Å². The van der Waals surface area contributed by atoms with E-state index in [9.17, 15) is 8.78 Å². The van der Waals surface area contributed by atoms with Crippen LogP contribution in [0.15, 0.2) is 42.5 Å². The maximum absolute atomic E-state index is 13.2. The zero-order valence-corrected chi connectivity index (χ0v) is 9.45. The summed E-state index contributed by atoms with van der Waals surface area (Å²) in [7, 11) is 0. The van der Waals surface area contributed by atoms with Crippen LogP contribution in [0, 0.1) is 23.0 Å². The molecule has 2 aromatic rings. The number of rotatable bonds is 3. The van der Waals surface area contributed by atoms with Crippen molar-refractivity contribution in [3.05, 3.63) is 65.2 Å². The molecular formula is C14H10F2N2. The van der Waals surface area contributed by atoms with E-state index in [2.05, 4.69) is 5.32 Å². The summed E-state index contributed by atoms with van der Waals surface area (Å²) in [5, 5.41) is 11.7. The first-order valence-corrected chi connectivity index (χ1v) is 5.36. The topological polar surface area (TPSA) is 35.8 Å². The maximum Gasteiger partial charge on any atom is 0.126 e. The van der Waals surface area contributed by atoms with Gasteiger partial charge in [0.1, 0.15) is 11.6 Å². The average molecular weight is 244 g/mol. The molecule has 0 unspecified atom stereocenters. The van der Waals surface area contributed by atoms with Crippen LogP contribution in [0.25, 0.3) is 0 Å². The van der Waals surface area contributed by atoms with Gasteiger partial charge < -0.3 is 5.32 Å². The predicted molar refractivity (Wildman–Crippen MR) is 64.8 cm³/mol. The Hall–Kier alpha value is -2.41. The van der Waals surface area contributed by atoms with Gasteiger partial charge in [-0.1, -0.05) is 12.1 Å². The SMILES string of the molecule is N#Cc1cc(F)cc(NCc2ccc(F)cc2)c1. The van der Waals surface area contributed by atoms with E-state index in [0.29, 0.717) is 12.2 Å². The minimum Gasteiger partial charge on any atom is -0.381 e. The largest absolute Gasteiger partial charge is 0.381 e. The number of anilines is 1. The molecule has 2 nitrogen and oxygen atoms in total. The van der Waals surface area contributed by atoms with E-state index in [1.807, 2.05) is 6.07 Å². The molecule has 0 aliphatic carbocycles. The molecule has 4 heteroatoms. The molecule has 0 amide bonds. The fourth-order valence-corrected chi connectivity index (χ4v) is 1.56. The fourth-order valence-electron chi connectivity index (χ4n) is 1.56. The number of benzene rings is 2. The van der Waals surface area contributed by atoms with Crippen LogP contribution in [0.3, 0.4) is 0 Å². The van der Waals surface area contributed by atoms with Crippen molar-refractivity contribution in [3.8, 4) is 6.07 Å². The van der Waals surface area contributed by atoms with Crippen molar-refractivity contribution in [3.63, 3.8) is 0 Å². The first kappa shape index (κ1) is 12.1. The minimum atomic E-state index is -0.462. The van der Waals surface area contributed by atoms with Crippen LogP contribution < -0.4 is 5.32 Å². The lowest BCUT2D eigenvalue weighted by molar-refractivity contribution is 0.627. The smallest absolute Gasteiger partial charge is 0.126 e. The molecule has 0 radical (unpaired) electrons. The average Bonchev–Trinajstić information content (AvgIpc) is 2.37. The van der Waals surface area contributed by atoms with Gasteiger partial charge in [-0.3, -0.25) is 0 Å². The number of hydrogen-bond acceptors (Lipinski definition) is 2. The van der Waals surface area contributed by atoms with Gasteiger partial charge in [-0.15, -0.1) is 0 Å². The number of nitrogens with zero attached hydrogens (tertiary/aromatic N) is 1. The highest BCUT2D eigenvalue weighted by molar-refractivity contribution is 5.50. The lowest BCUT2D eigenvalue weighted by atomic mass is 10.2. The van der Waals surface area contributed by atoms with Crippen molar-refractivity contribution < 1.29 is 8.78 Å². The van der Waals surface area contributed by atoms with E-state index in [1.165, 1.54) is 24.3 Å². The Balaban J connectivity index is 2.08. The van der Waals surface area contributed by atoms with Gasteiger partial charge in [0.25, 0.3) is 0 Å². The quantitative estimate of drug-likeness (QED) is 0.897.